The Morgan fingerprint density at radius 1 is 1.14 bits per heavy atom. The monoisotopic (exact) mass is 352 g/mol. The Kier molecular flexibility index (Phi) is 4.23. The van der Waals surface area contributed by atoms with Crippen molar-refractivity contribution in [3.8, 4) is 0 Å². The van der Waals surface area contributed by atoms with Gasteiger partial charge >= 0.3 is 5.97 Å². The number of halogens is 2. The summed E-state index contributed by atoms with van der Waals surface area (Å²) in [5.41, 5.74) is 5.66. The van der Waals surface area contributed by atoms with E-state index < -0.39 is 17.7 Å². The molecule has 21 heavy (non-hydrogen) atoms. The fourth-order valence-electron chi connectivity index (χ4n) is 1.72. The molecule has 0 atom stereocenters. The molecule has 2 aromatic carbocycles. The summed E-state index contributed by atoms with van der Waals surface area (Å²) in [6.07, 6.45) is 0. The number of hydrogen-bond acceptors (Lipinski definition) is 3. The lowest BCUT2D eigenvalue weighted by molar-refractivity contribution is 0.0698. The Labute approximate surface area is 127 Å². The maximum absolute atomic E-state index is 13.2. The van der Waals surface area contributed by atoms with Crippen molar-refractivity contribution in [2.75, 3.05) is 11.1 Å². The van der Waals surface area contributed by atoms with Crippen molar-refractivity contribution in [3.05, 3.63) is 57.8 Å². The second-order valence-electron chi connectivity index (χ2n) is 4.18. The number of nitrogen functional groups attached to an aromatic ring is 1. The Bertz CT molecular complexity index is 734. The van der Waals surface area contributed by atoms with Crippen molar-refractivity contribution in [1.82, 2.24) is 0 Å². The minimum Gasteiger partial charge on any atom is -0.478 e. The molecular formula is C14H10BrFN2O3. The van der Waals surface area contributed by atoms with Crippen LogP contribution in [0.4, 0.5) is 15.8 Å². The standard InChI is InChI=1S/C14H10BrFN2O3/c15-7-1-4-12(10(5-7)14(20)21)18-13(19)9-6-8(16)2-3-11(9)17/h1-6H,17H2,(H,18,19)(H,20,21). The summed E-state index contributed by atoms with van der Waals surface area (Å²) >= 11 is 3.15. The highest BCUT2D eigenvalue weighted by Crippen LogP contribution is 2.23. The number of carboxylic acids is 1. The molecule has 0 heterocycles. The molecule has 2 aromatic rings. The van der Waals surface area contributed by atoms with Gasteiger partial charge in [-0.15, -0.1) is 0 Å². The quantitative estimate of drug-likeness (QED) is 0.740. The second-order valence-corrected chi connectivity index (χ2v) is 5.10. The molecule has 0 aliphatic rings. The van der Waals surface area contributed by atoms with Crippen LogP contribution in [0.1, 0.15) is 20.7 Å². The first-order chi connectivity index (χ1) is 9.88. The Balaban J connectivity index is 2.36. The highest BCUT2D eigenvalue weighted by Gasteiger charge is 2.16. The average molecular weight is 353 g/mol. The summed E-state index contributed by atoms with van der Waals surface area (Å²) in [6, 6.07) is 7.76. The molecule has 0 saturated carbocycles. The summed E-state index contributed by atoms with van der Waals surface area (Å²) < 4.78 is 13.7. The fraction of sp³-hybridized carbons (Fsp3) is 0. The van der Waals surface area contributed by atoms with Crippen LogP contribution >= 0.6 is 15.9 Å². The van der Waals surface area contributed by atoms with E-state index in [-0.39, 0.29) is 22.5 Å². The maximum Gasteiger partial charge on any atom is 0.337 e. The number of benzene rings is 2. The molecule has 0 fully saturated rings. The van der Waals surface area contributed by atoms with Crippen molar-refractivity contribution in [2.24, 2.45) is 0 Å². The van der Waals surface area contributed by atoms with E-state index in [4.69, 9.17) is 10.8 Å². The van der Waals surface area contributed by atoms with Crippen LogP contribution in [0, 0.1) is 5.82 Å². The number of aromatic carboxylic acids is 1. The van der Waals surface area contributed by atoms with Gasteiger partial charge < -0.3 is 16.2 Å². The molecule has 5 nitrogen and oxygen atoms in total. The molecule has 0 aliphatic heterocycles. The van der Waals surface area contributed by atoms with E-state index in [9.17, 15) is 14.0 Å². The van der Waals surface area contributed by atoms with Crippen LogP contribution in [0.3, 0.4) is 0 Å². The lowest BCUT2D eigenvalue weighted by Crippen LogP contribution is -2.16. The van der Waals surface area contributed by atoms with Gasteiger partial charge in [0.1, 0.15) is 5.82 Å². The van der Waals surface area contributed by atoms with Crippen molar-refractivity contribution >= 4 is 39.2 Å². The van der Waals surface area contributed by atoms with Gasteiger partial charge in [0.2, 0.25) is 0 Å². The molecular weight excluding hydrogens is 343 g/mol. The van der Waals surface area contributed by atoms with Crippen LogP contribution < -0.4 is 11.1 Å². The van der Waals surface area contributed by atoms with E-state index in [1.54, 1.807) is 6.07 Å². The fourth-order valence-corrected chi connectivity index (χ4v) is 2.08. The zero-order valence-electron chi connectivity index (χ0n) is 10.6. The van der Waals surface area contributed by atoms with Gasteiger partial charge in [-0.25, -0.2) is 9.18 Å². The maximum atomic E-state index is 13.2. The average Bonchev–Trinajstić information content (AvgIpc) is 2.43. The van der Waals surface area contributed by atoms with Gasteiger partial charge in [-0.3, -0.25) is 4.79 Å². The van der Waals surface area contributed by atoms with Gasteiger partial charge in [0, 0.05) is 10.2 Å². The molecule has 0 aliphatic carbocycles. The number of anilines is 2. The first-order valence-electron chi connectivity index (χ1n) is 5.77. The van der Waals surface area contributed by atoms with Crippen molar-refractivity contribution in [3.63, 3.8) is 0 Å². The molecule has 0 saturated heterocycles. The SMILES string of the molecule is Nc1ccc(F)cc1C(=O)Nc1ccc(Br)cc1C(=O)O. The minimum atomic E-state index is -1.20. The van der Waals surface area contributed by atoms with Crippen LogP contribution in [0.2, 0.25) is 0 Å². The largest absolute Gasteiger partial charge is 0.478 e. The smallest absolute Gasteiger partial charge is 0.337 e. The Morgan fingerprint density at radius 2 is 1.86 bits per heavy atom. The molecule has 0 unspecified atom stereocenters. The van der Waals surface area contributed by atoms with E-state index in [1.807, 2.05) is 0 Å². The summed E-state index contributed by atoms with van der Waals surface area (Å²) in [7, 11) is 0. The molecule has 2 rings (SSSR count). The van der Waals surface area contributed by atoms with Gasteiger partial charge in [0.15, 0.2) is 0 Å². The number of nitrogens with two attached hydrogens (primary N) is 1. The number of carboxylic acid groups (broad SMARTS) is 1. The number of hydrogen-bond donors (Lipinski definition) is 3. The van der Waals surface area contributed by atoms with Gasteiger partial charge in [-0.05, 0) is 36.4 Å². The number of carbonyl (C=O) groups is 2. The Hall–Kier alpha value is -2.41. The third-order valence-corrected chi connectivity index (χ3v) is 3.21. The summed E-state index contributed by atoms with van der Waals surface area (Å²) in [5.74, 6) is -2.49. The van der Waals surface area contributed by atoms with Crippen LogP contribution in [0.5, 0.6) is 0 Å². The zero-order valence-corrected chi connectivity index (χ0v) is 12.1. The normalized spacial score (nSPS) is 10.2. The van der Waals surface area contributed by atoms with Crippen molar-refractivity contribution in [1.29, 1.82) is 0 Å². The molecule has 0 bridgehead atoms. The van der Waals surface area contributed by atoms with Crippen LogP contribution in [0.15, 0.2) is 40.9 Å². The number of rotatable bonds is 3. The molecule has 0 spiro atoms. The number of amides is 1. The molecule has 7 heteroatoms. The van der Waals surface area contributed by atoms with Crippen LogP contribution in [0.25, 0.3) is 0 Å². The lowest BCUT2D eigenvalue weighted by Gasteiger charge is -2.10. The first-order valence-corrected chi connectivity index (χ1v) is 6.57. The van der Waals surface area contributed by atoms with E-state index in [0.29, 0.717) is 4.47 Å². The minimum absolute atomic E-state index is 0.0609. The second kappa shape index (κ2) is 5.92. The molecule has 4 N–H and O–H groups in total. The predicted molar refractivity (Wildman–Crippen MR) is 79.9 cm³/mol. The van der Waals surface area contributed by atoms with E-state index in [1.165, 1.54) is 18.2 Å². The topological polar surface area (TPSA) is 92.4 Å². The molecule has 1 amide bonds. The van der Waals surface area contributed by atoms with E-state index in [2.05, 4.69) is 21.2 Å². The van der Waals surface area contributed by atoms with Gasteiger partial charge in [-0.2, -0.15) is 0 Å². The Morgan fingerprint density at radius 3 is 2.52 bits per heavy atom. The summed E-state index contributed by atoms with van der Waals surface area (Å²) in [4.78, 5) is 23.2. The third kappa shape index (κ3) is 3.38. The predicted octanol–water partition coefficient (Wildman–Crippen LogP) is 3.12. The van der Waals surface area contributed by atoms with Crippen molar-refractivity contribution < 1.29 is 19.1 Å². The van der Waals surface area contributed by atoms with Crippen LogP contribution in [-0.2, 0) is 0 Å². The molecule has 108 valence electrons. The lowest BCUT2D eigenvalue weighted by atomic mass is 10.1. The van der Waals surface area contributed by atoms with Crippen LogP contribution in [-0.4, -0.2) is 17.0 Å². The molecule has 0 aromatic heterocycles. The highest BCUT2D eigenvalue weighted by atomic mass is 79.9. The number of carbonyl (C=O) groups excluding carboxylic acids is 1. The summed E-state index contributed by atoms with van der Waals surface area (Å²) in [6.45, 7) is 0. The number of nitrogens with one attached hydrogen (secondary N) is 1. The highest BCUT2D eigenvalue weighted by molar-refractivity contribution is 9.10. The molecule has 0 radical (unpaired) electrons. The van der Waals surface area contributed by atoms with Gasteiger partial charge in [-0.1, -0.05) is 15.9 Å². The first kappa shape index (κ1) is 15.0. The zero-order chi connectivity index (χ0) is 15.6. The third-order valence-electron chi connectivity index (χ3n) is 2.72. The van der Waals surface area contributed by atoms with E-state index >= 15 is 0 Å². The van der Waals surface area contributed by atoms with E-state index in [0.717, 1.165) is 12.1 Å². The van der Waals surface area contributed by atoms with Gasteiger partial charge in [0.25, 0.3) is 5.91 Å². The van der Waals surface area contributed by atoms with Gasteiger partial charge in [0.05, 0.1) is 16.8 Å². The summed E-state index contributed by atoms with van der Waals surface area (Å²) in [5, 5.41) is 11.5. The van der Waals surface area contributed by atoms with Crippen molar-refractivity contribution in [2.45, 2.75) is 0 Å².